The zero-order chi connectivity index (χ0) is 23.8. The molecule has 0 aliphatic carbocycles. The zero-order valence-corrected chi connectivity index (χ0v) is 20.5. The first-order chi connectivity index (χ1) is 16.5. The Morgan fingerprint density at radius 3 is 2.62 bits per heavy atom. The number of rotatable bonds is 5. The van der Waals surface area contributed by atoms with Gasteiger partial charge in [-0.15, -0.1) is 0 Å². The highest BCUT2D eigenvalue weighted by Gasteiger charge is 2.38. The number of nitrogens with two attached hydrogens (primary N) is 2. The summed E-state index contributed by atoms with van der Waals surface area (Å²) in [4.78, 5) is 11.7. The molecule has 2 atom stereocenters. The van der Waals surface area contributed by atoms with Crippen molar-refractivity contribution in [2.75, 3.05) is 30.0 Å². The monoisotopic (exact) mass is 502 g/mol. The van der Waals surface area contributed by atoms with Gasteiger partial charge in [0.2, 0.25) is 0 Å². The van der Waals surface area contributed by atoms with Crippen LogP contribution in [0.25, 0.3) is 0 Å². The van der Waals surface area contributed by atoms with Crippen LogP contribution in [0.15, 0.2) is 52.1 Å². The molecule has 180 valence electrons. The molecule has 4 N–H and O–H groups in total. The molecule has 10 heteroatoms. The van der Waals surface area contributed by atoms with E-state index in [1.807, 2.05) is 11.0 Å². The van der Waals surface area contributed by atoms with Crippen molar-refractivity contribution >= 4 is 41.1 Å². The van der Waals surface area contributed by atoms with Gasteiger partial charge >= 0.3 is 0 Å². The average Bonchev–Trinajstić information content (AvgIpc) is 3.19. The second kappa shape index (κ2) is 9.75. The molecule has 0 spiro atoms. The fourth-order valence-corrected chi connectivity index (χ4v) is 5.90. The molecule has 2 unspecified atom stereocenters. The predicted octanol–water partition coefficient (Wildman–Crippen LogP) is 4.27. The number of thioether (sulfide) groups is 1. The largest absolute Gasteiger partial charge is 0.496 e. The standard InChI is InChI=1S/C24H28ClFN6OS/c1-33-20-12-17(6-5-15(20)13-30-9-3-2-4-10-30)32-23-21(34-24(32)28)22(27)31(14-29-23)16-7-8-19(26)18(25)11-16/h5-8,11-12,14,22,24H,2-4,9-10,13,27-28H2,1H3. The number of benzene rings is 2. The van der Waals surface area contributed by atoms with Crippen LogP contribution in [0.2, 0.25) is 5.02 Å². The fraction of sp³-hybridized carbons (Fsp3) is 0.375. The van der Waals surface area contributed by atoms with Crippen LogP contribution in [-0.4, -0.2) is 43.1 Å². The smallest absolute Gasteiger partial charge is 0.150 e. The Bertz CT molecular complexity index is 1140. The first-order valence-corrected chi connectivity index (χ1v) is 12.6. The number of aliphatic imine (C=N–C) groups is 1. The van der Waals surface area contributed by atoms with E-state index in [1.54, 1.807) is 24.4 Å². The summed E-state index contributed by atoms with van der Waals surface area (Å²) in [5.74, 6) is 1.07. The summed E-state index contributed by atoms with van der Waals surface area (Å²) in [7, 11) is 1.70. The van der Waals surface area contributed by atoms with Crippen molar-refractivity contribution in [3.05, 3.63) is 63.5 Å². The van der Waals surface area contributed by atoms with Crippen LogP contribution >= 0.6 is 23.4 Å². The molecule has 0 amide bonds. The van der Waals surface area contributed by atoms with E-state index in [2.05, 4.69) is 22.0 Å². The normalized spacial score (nSPS) is 23.0. The molecular formula is C24H28ClFN6OS. The lowest BCUT2D eigenvalue weighted by atomic mass is 10.1. The number of methoxy groups -OCH3 is 1. The van der Waals surface area contributed by atoms with Crippen LogP contribution in [0.1, 0.15) is 24.8 Å². The van der Waals surface area contributed by atoms with Crippen LogP contribution in [0.4, 0.5) is 15.8 Å². The maximum atomic E-state index is 13.6. The molecule has 1 fully saturated rings. The third-order valence-corrected chi connectivity index (χ3v) is 7.84. The Labute approximate surface area is 208 Å². The van der Waals surface area contributed by atoms with Crippen molar-refractivity contribution in [3.8, 4) is 5.75 Å². The first kappa shape index (κ1) is 23.4. The number of anilines is 2. The first-order valence-electron chi connectivity index (χ1n) is 11.3. The predicted molar refractivity (Wildman–Crippen MR) is 138 cm³/mol. The van der Waals surface area contributed by atoms with Gasteiger partial charge in [-0.05, 0) is 50.2 Å². The van der Waals surface area contributed by atoms with Gasteiger partial charge in [-0.2, -0.15) is 0 Å². The van der Waals surface area contributed by atoms with E-state index >= 15 is 0 Å². The fourth-order valence-electron chi connectivity index (χ4n) is 4.63. The van der Waals surface area contributed by atoms with Crippen molar-refractivity contribution < 1.29 is 9.13 Å². The number of ether oxygens (including phenoxy) is 1. The number of nitrogens with zero attached hydrogens (tertiary/aromatic N) is 4. The van der Waals surface area contributed by atoms with Crippen molar-refractivity contribution in [2.24, 2.45) is 16.5 Å². The maximum absolute atomic E-state index is 13.6. The van der Waals surface area contributed by atoms with Crippen LogP contribution < -0.4 is 26.0 Å². The van der Waals surface area contributed by atoms with Crippen molar-refractivity contribution in [1.82, 2.24) is 4.90 Å². The highest BCUT2D eigenvalue weighted by molar-refractivity contribution is 8.04. The molecule has 3 aliphatic heterocycles. The summed E-state index contributed by atoms with van der Waals surface area (Å²) in [5.41, 5.74) is 15.4. The number of likely N-dealkylation sites (tertiary alicyclic amines) is 1. The zero-order valence-electron chi connectivity index (χ0n) is 19.0. The number of hydrogen-bond donors (Lipinski definition) is 2. The number of piperidine rings is 1. The second-order valence-corrected chi connectivity index (χ2v) is 10.2. The molecule has 1 saturated heterocycles. The van der Waals surface area contributed by atoms with Crippen LogP contribution in [0, 0.1) is 5.82 Å². The van der Waals surface area contributed by atoms with E-state index in [1.165, 1.54) is 43.2 Å². The molecule has 5 rings (SSSR count). The topological polar surface area (TPSA) is 83.3 Å². The SMILES string of the molecule is COc1cc(N2C3=C(SC2N)C(N)N(c2ccc(F)c(Cl)c2)C=N3)ccc1CN1CCCCC1. The van der Waals surface area contributed by atoms with Crippen molar-refractivity contribution in [1.29, 1.82) is 0 Å². The maximum Gasteiger partial charge on any atom is 0.150 e. The number of halogens is 2. The van der Waals surface area contributed by atoms with Gasteiger partial charge in [-0.25, -0.2) is 9.38 Å². The van der Waals surface area contributed by atoms with E-state index in [0.717, 1.165) is 41.5 Å². The molecule has 0 aromatic heterocycles. The molecule has 2 aromatic carbocycles. The summed E-state index contributed by atoms with van der Waals surface area (Å²) < 4.78 is 19.4. The Kier molecular flexibility index (Phi) is 6.72. The highest BCUT2D eigenvalue weighted by atomic mass is 35.5. The lowest BCUT2D eigenvalue weighted by Gasteiger charge is -2.31. The van der Waals surface area contributed by atoms with E-state index in [9.17, 15) is 4.39 Å². The Hall–Kier alpha value is -2.30. The van der Waals surface area contributed by atoms with E-state index < -0.39 is 12.0 Å². The summed E-state index contributed by atoms with van der Waals surface area (Å²) >= 11 is 7.43. The average molecular weight is 503 g/mol. The van der Waals surface area contributed by atoms with Crippen molar-refractivity contribution in [2.45, 2.75) is 37.5 Å². The van der Waals surface area contributed by atoms with Gasteiger partial charge in [-0.1, -0.05) is 35.9 Å². The third-order valence-electron chi connectivity index (χ3n) is 6.42. The van der Waals surface area contributed by atoms with Crippen LogP contribution in [0.5, 0.6) is 5.75 Å². The van der Waals surface area contributed by atoms with E-state index in [4.69, 9.17) is 27.8 Å². The molecule has 7 nitrogen and oxygen atoms in total. The minimum absolute atomic E-state index is 0.0343. The van der Waals surface area contributed by atoms with Gasteiger partial charge in [0, 0.05) is 29.5 Å². The van der Waals surface area contributed by atoms with E-state index in [-0.39, 0.29) is 10.5 Å². The third kappa shape index (κ3) is 4.38. The quantitative estimate of drug-likeness (QED) is 0.631. The van der Waals surface area contributed by atoms with Gasteiger partial charge in [0.1, 0.15) is 29.1 Å². The van der Waals surface area contributed by atoms with Gasteiger partial charge in [0.15, 0.2) is 0 Å². The summed E-state index contributed by atoms with van der Waals surface area (Å²) in [6.07, 6.45) is 4.92. The molecule has 34 heavy (non-hydrogen) atoms. The minimum Gasteiger partial charge on any atom is -0.496 e. The lowest BCUT2D eigenvalue weighted by Crippen LogP contribution is -2.44. The summed E-state index contributed by atoms with van der Waals surface area (Å²) in [5, 5.41) is 0.0343. The van der Waals surface area contributed by atoms with E-state index in [0.29, 0.717) is 11.5 Å². The molecule has 2 aromatic rings. The van der Waals surface area contributed by atoms with Crippen molar-refractivity contribution in [3.63, 3.8) is 0 Å². The molecule has 3 aliphatic rings. The van der Waals surface area contributed by atoms with Crippen LogP contribution in [-0.2, 0) is 6.54 Å². The highest BCUT2D eigenvalue weighted by Crippen LogP contribution is 2.44. The molecule has 0 radical (unpaired) electrons. The molecule has 3 heterocycles. The number of hydrogen-bond acceptors (Lipinski definition) is 8. The summed E-state index contributed by atoms with van der Waals surface area (Å²) in [6, 6.07) is 10.7. The Balaban J connectivity index is 1.40. The van der Waals surface area contributed by atoms with Gasteiger partial charge < -0.3 is 21.1 Å². The Morgan fingerprint density at radius 1 is 1.12 bits per heavy atom. The molecule has 0 saturated carbocycles. The minimum atomic E-state index is -0.518. The van der Waals surface area contributed by atoms with Gasteiger partial charge in [-0.3, -0.25) is 9.80 Å². The molecule has 0 bridgehead atoms. The summed E-state index contributed by atoms with van der Waals surface area (Å²) in [6.45, 7) is 3.12. The molecular weight excluding hydrogens is 475 g/mol. The lowest BCUT2D eigenvalue weighted by molar-refractivity contribution is 0.218. The second-order valence-electron chi connectivity index (χ2n) is 8.59. The Morgan fingerprint density at radius 2 is 1.88 bits per heavy atom. The van der Waals surface area contributed by atoms with Gasteiger partial charge in [0.05, 0.1) is 23.4 Å². The van der Waals surface area contributed by atoms with Crippen LogP contribution in [0.3, 0.4) is 0 Å². The van der Waals surface area contributed by atoms with Gasteiger partial charge in [0.25, 0.3) is 0 Å².